The summed E-state index contributed by atoms with van der Waals surface area (Å²) in [7, 11) is -3.64. The van der Waals surface area contributed by atoms with Crippen molar-refractivity contribution < 1.29 is 13.2 Å². The molecular formula is C21H23ClN4O3S. The Hall–Kier alpha value is -2.60. The molecule has 0 saturated carbocycles. The van der Waals surface area contributed by atoms with E-state index in [-0.39, 0.29) is 10.5 Å². The zero-order valence-electron chi connectivity index (χ0n) is 16.6. The maximum absolute atomic E-state index is 13.2. The summed E-state index contributed by atoms with van der Waals surface area (Å²) in [6, 6.07) is 10.7. The molecule has 0 aliphatic carbocycles. The van der Waals surface area contributed by atoms with Gasteiger partial charge in [0, 0.05) is 23.8 Å². The fraction of sp³-hybridized carbons (Fsp3) is 0.333. The number of carbonyl (C=O) groups excluding carboxylic acids is 1. The van der Waals surface area contributed by atoms with Crippen LogP contribution in [0.4, 0.5) is 16.2 Å². The van der Waals surface area contributed by atoms with Gasteiger partial charge in [0.25, 0.3) is 0 Å². The summed E-state index contributed by atoms with van der Waals surface area (Å²) in [4.78, 5) is 12.6. The van der Waals surface area contributed by atoms with E-state index in [0.717, 1.165) is 25.7 Å². The average molecular weight is 447 g/mol. The van der Waals surface area contributed by atoms with E-state index >= 15 is 0 Å². The number of aryl methyl sites for hydroxylation is 1. The zero-order valence-corrected chi connectivity index (χ0v) is 18.2. The number of rotatable bonds is 4. The third-order valence-corrected chi connectivity index (χ3v) is 7.25. The van der Waals surface area contributed by atoms with Crippen LogP contribution in [0.2, 0.25) is 5.02 Å². The zero-order chi connectivity index (χ0) is 21.7. The molecule has 0 aromatic heterocycles. The van der Waals surface area contributed by atoms with Crippen LogP contribution in [0.15, 0.2) is 41.3 Å². The third-order valence-electron chi connectivity index (χ3n) is 4.98. The molecule has 1 aliphatic rings. The molecule has 7 nitrogen and oxygen atoms in total. The van der Waals surface area contributed by atoms with Crippen LogP contribution in [0, 0.1) is 18.3 Å². The fourth-order valence-electron chi connectivity index (χ4n) is 3.38. The Bertz CT molecular complexity index is 1090. The number of benzene rings is 2. The Kier molecular flexibility index (Phi) is 6.98. The molecule has 9 heteroatoms. The molecule has 2 N–H and O–H groups in total. The maximum Gasteiger partial charge on any atom is 0.323 e. The Morgan fingerprint density at radius 2 is 1.77 bits per heavy atom. The predicted octanol–water partition coefficient (Wildman–Crippen LogP) is 4.73. The van der Waals surface area contributed by atoms with Crippen molar-refractivity contribution in [2.75, 3.05) is 23.7 Å². The number of nitrogens with zero attached hydrogens (tertiary/aromatic N) is 2. The normalized spacial score (nSPS) is 15.1. The lowest BCUT2D eigenvalue weighted by molar-refractivity contribution is 0.262. The van der Waals surface area contributed by atoms with Crippen LogP contribution in [-0.2, 0) is 10.0 Å². The monoisotopic (exact) mass is 446 g/mol. The molecule has 2 aromatic carbocycles. The van der Waals surface area contributed by atoms with Crippen LogP contribution in [-0.4, -0.2) is 31.8 Å². The lowest BCUT2D eigenvalue weighted by Gasteiger charge is -2.21. The van der Waals surface area contributed by atoms with E-state index < -0.39 is 16.1 Å². The number of amides is 2. The number of nitrogens with one attached hydrogen (secondary N) is 2. The van der Waals surface area contributed by atoms with Crippen LogP contribution in [0.1, 0.15) is 36.8 Å². The topological polar surface area (TPSA) is 102 Å². The van der Waals surface area contributed by atoms with Crippen LogP contribution in [0.25, 0.3) is 0 Å². The summed E-state index contributed by atoms with van der Waals surface area (Å²) in [5.41, 5.74) is 1.50. The molecule has 30 heavy (non-hydrogen) atoms. The Labute approximate surface area is 181 Å². The van der Waals surface area contributed by atoms with Gasteiger partial charge in [-0.3, -0.25) is 0 Å². The van der Waals surface area contributed by atoms with E-state index in [2.05, 4.69) is 10.6 Å². The first-order valence-electron chi connectivity index (χ1n) is 9.70. The van der Waals surface area contributed by atoms with Gasteiger partial charge >= 0.3 is 6.03 Å². The van der Waals surface area contributed by atoms with E-state index in [1.165, 1.54) is 22.5 Å². The van der Waals surface area contributed by atoms with Crippen LogP contribution >= 0.6 is 11.6 Å². The summed E-state index contributed by atoms with van der Waals surface area (Å²) >= 11 is 5.87. The molecule has 2 aromatic rings. The Morgan fingerprint density at radius 3 is 2.43 bits per heavy atom. The summed E-state index contributed by atoms with van der Waals surface area (Å²) in [6.45, 7) is 2.75. The van der Waals surface area contributed by atoms with Gasteiger partial charge in [-0.1, -0.05) is 30.5 Å². The van der Waals surface area contributed by atoms with E-state index in [1.54, 1.807) is 25.1 Å². The number of halogens is 1. The molecular weight excluding hydrogens is 424 g/mol. The fourth-order valence-corrected chi connectivity index (χ4v) is 5.32. The number of sulfonamides is 1. The first-order valence-corrected chi connectivity index (χ1v) is 11.5. The van der Waals surface area contributed by atoms with Gasteiger partial charge in [0.1, 0.15) is 6.07 Å². The molecule has 0 radical (unpaired) electrons. The molecule has 0 spiro atoms. The van der Waals surface area contributed by atoms with E-state index in [4.69, 9.17) is 11.6 Å². The van der Waals surface area contributed by atoms with Crippen LogP contribution in [0.3, 0.4) is 0 Å². The lowest BCUT2D eigenvalue weighted by Crippen LogP contribution is -2.32. The van der Waals surface area contributed by atoms with Gasteiger partial charge in [0.15, 0.2) is 0 Å². The summed E-state index contributed by atoms with van der Waals surface area (Å²) < 4.78 is 27.8. The Morgan fingerprint density at radius 1 is 1.07 bits per heavy atom. The van der Waals surface area contributed by atoms with E-state index in [1.807, 2.05) is 6.07 Å². The van der Waals surface area contributed by atoms with Crippen molar-refractivity contribution in [2.45, 2.75) is 37.5 Å². The number of hydrogen-bond donors (Lipinski definition) is 2. The van der Waals surface area contributed by atoms with Crippen molar-refractivity contribution in [1.82, 2.24) is 4.31 Å². The molecule has 1 heterocycles. The standard InChI is InChI=1S/C21H23ClN4O3S/c1-15-6-8-18(13-20(15)30(28,29)26-10-4-2-3-5-11-26)24-21(27)25-19-9-7-17(22)12-16(19)14-23/h6-9,12-13H,2-5,10-11H2,1H3,(H2,24,25,27). The second-order valence-corrected chi connectivity index (χ2v) is 9.52. The second-order valence-electron chi connectivity index (χ2n) is 7.18. The molecule has 0 atom stereocenters. The molecule has 0 bridgehead atoms. The van der Waals surface area contributed by atoms with Gasteiger partial charge in [0.05, 0.1) is 16.1 Å². The molecule has 1 fully saturated rings. The number of anilines is 2. The highest BCUT2D eigenvalue weighted by Gasteiger charge is 2.27. The van der Waals surface area contributed by atoms with Crippen LogP contribution in [0.5, 0.6) is 0 Å². The minimum Gasteiger partial charge on any atom is -0.308 e. The molecule has 0 unspecified atom stereocenters. The third kappa shape index (κ3) is 5.11. The van der Waals surface area contributed by atoms with Crippen molar-refractivity contribution in [3.05, 3.63) is 52.5 Å². The van der Waals surface area contributed by atoms with Crippen molar-refractivity contribution in [1.29, 1.82) is 5.26 Å². The lowest BCUT2D eigenvalue weighted by atomic mass is 10.2. The summed E-state index contributed by atoms with van der Waals surface area (Å²) in [6.07, 6.45) is 3.76. The van der Waals surface area contributed by atoms with Crippen molar-refractivity contribution in [3.8, 4) is 6.07 Å². The highest BCUT2D eigenvalue weighted by Crippen LogP contribution is 2.26. The van der Waals surface area contributed by atoms with Gasteiger partial charge in [-0.25, -0.2) is 13.2 Å². The minimum atomic E-state index is -3.64. The van der Waals surface area contributed by atoms with Gasteiger partial charge < -0.3 is 10.6 Å². The van der Waals surface area contributed by atoms with Crippen molar-refractivity contribution >= 4 is 39.0 Å². The molecule has 2 amide bonds. The number of urea groups is 1. The first kappa shape index (κ1) is 22.1. The quantitative estimate of drug-likeness (QED) is 0.708. The SMILES string of the molecule is Cc1ccc(NC(=O)Nc2ccc(Cl)cc2C#N)cc1S(=O)(=O)N1CCCCCC1. The molecule has 1 aliphatic heterocycles. The minimum absolute atomic E-state index is 0.186. The van der Waals surface area contributed by atoms with Gasteiger partial charge in [-0.05, 0) is 55.7 Å². The number of carbonyl (C=O) groups is 1. The van der Waals surface area contributed by atoms with E-state index in [0.29, 0.717) is 35.1 Å². The molecule has 3 rings (SSSR count). The second kappa shape index (κ2) is 9.47. The largest absolute Gasteiger partial charge is 0.323 e. The predicted molar refractivity (Wildman–Crippen MR) is 117 cm³/mol. The van der Waals surface area contributed by atoms with Gasteiger partial charge in [-0.15, -0.1) is 0 Å². The average Bonchev–Trinajstić information content (AvgIpc) is 3.01. The van der Waals surface area contributed by atoms with Gasteiger partial charge in [0.2, 0.25) is 10.0 Å². The summed E-state index contributed by atoms with van der Waals surface area (Å²) in [5, 5.41) is 14.8. The first-order chi connectivity index (χ1) is 14.3. The smallest absolute Gasteiger partial charge is 0.308 e. The van der Waals surface area contributed by atoms with Gasteiger partial charge in [-0.2, -0.15) is 9.57 Å². The number of nitriles is 1. The van der Waals surface area contributed by atoms with E-state index in [9.17, 15) is 18.5 Å². The highest BCUT2D eigenvalue weighted by molar-refractivity contribution is 7.89. The van der Waals surface area contributed by atoms with Crippen molar-refractivity contribution in [3.63, 3.8) is 0 Å². The Balaban J connectivity index is 1.80. The molecule has 1 saturated heterocycles. The molecule has 158 valence electrons. The highest BCUT2D eigenvalue weighted by atomic mass is 35.5. The maximum atomic E-state index is 13.2. The van der Waals surface area contributed by atoms with Crippen LogP contribution < -0.4 is 10.6 Å². The van der Waals surface area contributed by atoms with Crippen molar-refractivity contribution in [2.24, 2.45) is 0 Å². The number of hydrogen-bond acceptors (Lipinski definition) is 4. The summed E-state index contributed by atoms with van der Waals surface area (Å²) in [5.74, 6) is 0.